The van der Waals surface area contributed by atoms with E-state index >= 15 is 0 Å². The van der Waals surface area contributed by atoms with Crippen molar-refractivity contribution in [1.29, 1.82) is 0 Å². The van der Waals surface area contributed by atoms with E-state index in [0.717, 1.165) is 0 Å². The minimum Gasteiger partial charge on any atom is -0.339 e. The van der Waals surface area contributed by atoms with Gasteiger partial charge in [-0.05, 0) is 43.2 Å². The van der Waals surface area contributed by atoms with Gasteiger partial charge in [0.05, 0.1) is 4.90 Å². The summed E-state index contributed by atoms with van der Waals surface area (Å²) in [4.78, 5) is 25.9. The van der Waals surface area contributed by atoms with E-state index in [0.29, 0.717) is 37.2 Å². The van der Waals surface area contributed by atoms with E-state index in [1.54, 1.807) is 59.5 Å². The van der Waals surface area contributed by atoms with Crippen molar-refractivity contribution in [2.24, 2.45) is 0 Å². The number of carbonyl (C=O) groups excluding carboxylic acids is 2. The topological polar surface area (TPSA) is 95.6 Å². The van der Waals surface area contributed by atoms with Crippen molar-refractivity contribution in [1.82, 2.24) is 9.62 Å². The highest BCUT2D eigenvalue weighted by molar-refractivity contribution is 7.89. The Bertz CT molecular complexity index is 952. The van der Waals surface area contributed by atoms with Crippen molar-refractivity contribution in [3.05, 3.63) is 60.2 Å². The molecule has 7 nitrogen and oxygen atoms in total. The van der Waals surface area contributed by atoms with Gasteiger partial charge in [-0.15, -0.1) is 0 Å². The smallest absolute Gasteiger partial charge is 0.253 e. The molecule has 0 spiro atoms. The third-order valence-electron chi connectivity index (χ3n) is 4.59. The normalized spacial score (nSPS) is 15.2. The molecule has 3 rings (SSSR count). The largest absolute Gasteiger partial charge is 0.339 e. The number of sulfonamides is 1. The van der Waals surface area contributed by atoms with Gasteiger partial charge in [0, 0.05) is 37.3 Å². The van der Waals surface area contributed by atoms with Gasteiger partial charge in [0.1, 0.15) is 0 Å². The number of nitrogens with one attached hydrogen (secondary N) is 2. The molecule has 2 N–H and O–H groups in total. The van der Waals surface area contributed by atoms with Crippen LogP contribution in [-0.4, -0.2) is 44.3 Å². The van der Waals surface area contributed by atoms with Crippen LogP contribution in [0.15, 0.2) is 59.5 Å². The summed E-state index contributed by atoms with van der Waals surface area (Å²) in [5, 5.41) is 2.66. The molecule has 0 aliphatic carbocycles. The fraction of sp³-hybridized carbons (Fsp3) is 0.300. The van der Waals surface area contributed by atoms with Crippen LogP contribution >= 0.6 is 0 Å². The van der Waals surface area contributed by atoms with Crippen molar-refractivity contribution in [3.63, 3.8) is 0 Å². The summed E-state index contributed by atoms with van der Waals surface area (Å²) >= 11 is 0. The maximum Gasteiger partial charge on any atom is 0.253 e. The lowest BCUT2D eigenvalue weighted by molar-refractivity contribution is -0.114. The zero-order valence-electron chi connectivity index (χ0n) is 15.6. The number of anilines is 1. The third kappa shape index (κ3) is 4.96. The van der Waals surface area contributed by atoms with Crippen LogP contribution in [0.5, 0.6) is 0 Å². The van der Waals surface area contributed by atoms with E-state index in [4.69, 9.17) is 0 Å². The van der Waals surface area contributed by atoms with Crippen molar-refractivity contribution < 1.29 is 18.0 Å². The molecule has 1 aliphatic rings. The van der Waals surface area contributed by atoms with Gasteiger partial charge in [0.15, 0.2) is 0 Å². The number of likely N-dealkylation sites (tertiary alicyclic amines) is 1. The summed E-state index contributed by atoms with van der Waals surface area (Å²) in [6.45, 7) is 2.34. The number of hydrogen-bond donors (Lipinski definition) is 2. The molecule has 8 heteroatoms. The average molecular weight is 401 g/mol. The van der Waals surface area contributed by atoms with Crippen LogP contribution < -0.4 is 10.0 Å². The SMILES string of the molecule is CC(=O)Nc1cccc(C(=O)N2CCC(NS(=O)(=O)c3ccccc3)CC2)c1. The van der Waals surface area contributed by atoms with Crippen LogP contribution in [0.4, 0.5) is 5.69 Å². The van der Waals surface area contributed by atoms with Gasteiger partial charge in [-0.1, -0.05) is 24.3 Å². The quantitative estimate of drug-likeness (QED) is 0.803. The Hall–Kier alpha value is -2.71. The Kier molecular flexibility index (Phi) is 6.11. The number of amides is 2. The molecule has 2 aromatic rings. The predicted molar refractivity (Wildman–Crippen MR) is 106 cm³/mol. The Balaban J connectivity index is 1.59. The summed E-state index contributed by atoms with van der Waals surface area (Å²) < 4.78 is 27.6. The number of benzene rings is 2. The lowest BCUT2D eigenvalue weighted by Gasteiger charge is -2.32. The minimum absolute atomic E-state index is 0.128. The summed E-state index contributed by atoms with van der Waals surface area (Å²) in [5.41, 5.74) is 1.07. The molecule has 148 valence electrons. The molecular formula is C20H23N3O4S. The van der Waals surface area contributed by atoms with Crippen LogP contribution in [0.3, 0.4) is 0 Å². The zero-order chi connectivity index (χ0) is 20.1. The fourth-order valence-corrected chi connectivity index (χ4v) is 4.53. The van der Waals surface area contributed by atoms with Crippen molar-refractivity contribution in [2.75, 3.05) is 18.4 Å². The lowest BCUT2D eigenvalue weighted by Crippen LogP contribution is -2.46. The summed E-state index contributed by atoms with van der Waals surface area (Å²) in [7, 11) is -3.56. The zero-order valence-corrected chi connectivity index (χ0v) is 16.4. The number of rotatable bonds is 5. The van der Waals surface area contributed by atoms with Gasteiger partial charge in [-0.25, -0.2) is 13.1 Å². The molecule has 1 heterocycles. The van der Waals surface area contributed by atoms with E-state index in [9.17, 15) is 18.0 Å². The van der Waals surface area contributed by atoms with Crippen LogP contribution in [0.25, 0.3) is 0 Å². The monoisotopic (exact) mass is 401 g/mol. The second-order valence-corrected chi connectivity index (χ2v) is 8.48. The molecular weight excluding hydrogens is 378 g/mol. The molecule has 0 bridgehead atoms. The van der Waals surface area contributed by atoms with E-state index in [1.807, 2.05) is 0 Å². The highest BCUT2D eigenvalue weighted by Crippen LogP contribution is 2.18. The molecule has 1 fully saturated rings. The predicted octanol–water partition coefficient (Wildman–Crippen LogP) is 2.23. The Morgan fingerprint density at radius 1 is 1.00 bits per heavy atom. The summed E-state index contributed by atoms with van der Waals surface area (Å²) in [6, 6.07) is 14.8. The number of carbonyl (C=O) groups is 2. The Labute approximate surface area is 164 Å². The maximum absolute atomic E-state index is 12.7. The first-order valence-corrected chi connectivity index (χ1v) is 10.6. The Morgan fingerprint density at radius 3 is 2.32 bits per heavy atom. The first kappa shape index (κ1) is 20.0. The second-order valence-electron chi connectivity index (χ2n) is 6.76. The summed E-state index contributed by atoms with van der Waals surface area (Å²) in [6.07, 6.45) is 1.09. The average Bonchev–Trinajstić information content (AvgIpc) is 2.68. The van der Waals surface area contributed by atoms with E-state index < -0.39 is 10.0 Å². The van der Waals surface area contributed by atoms with Crippen LogP contribution in [0.1, 0.15) is 30.1 Å². The molecule has 0 saturated carbocycles. The Morgan fingerprint density at radius 2 is 1.68 bits per heavy atom. The van der Waals surface area contributed by atoms with Gasteiger partial charge in [0.25, 0.3) is 5.91 Å². The van der Waals surface area contributed by atoms with E-state index in [2.05, 4.69) is 10.0 Å². The lowest BCUT2D eigenvalue weighted by atomic mass is 10.0. The van der Waals surface area contributed by atoms with Crippen LogP contribution in [-0.2, 0) is 14.8 Å². The van der Waals surface area contributed by atoms with Gasteiger partial charge in [-0.2, -0.15) is 0 Å². The molecule has 0 radical (unpaired) electrons. The number of piperidine rings is 1. The first-order valence-electron chi connectivity index (χ1n) is 9.09. The molecule has 1 aliphatic heterocycles. The summed E-state index contributed by atoms with van der Waals surface area (Å²) in [5.74, 6) is -0.326. The highest BCUT2D eigenvalue weighted by atomic mass is 32.2. The van der Waals surface area contributed by atoms with Gasteiger partial charge >= 0.3 is 0 Å². The number of nitrogens with zero attached hydrogens (tertiary/aromatic N) is 1. The molecule has 0 unspecified atom stereocenters. The molecule has 0 atom stereocenters. The maximum atomic E-state index is 12.7. The van der Waals surface area contributed by atoms with Gasteiger partial charge in [-0.3, -0.25) is 9.59 Å². The molecule has 2 aromatic carbocycles. The highest BCUT2D eigenvalue weighted by Gasteiger charge is 2.27. The van der Waals surface area contributed by atoms with Crippen LogP contribution in [0.2, 0.25) is 0 Å². The molecule has 1 saturated heterocycles. The first-order chi connectivity index (χ1) is 13.3. The molecule has 0 aromatic heterocycles. The van der Waals surface area contributed by atoms with E-state index in [1.165, 1.54) is 6.92 Å². The van der Waals surface area contributed by atoms with Gasteiger partial charge < -0.3 is 10.2 Å². The van der Waals surface area contributed by atoms with Crippen LogP contribution in [0, 0.1) is 0 Å². The van der Waals surface area contributed by atoms with Crippen molar-refractivity contribution in [2.45, 2.75) is 30.7 Å². The second kappa shape index (κ2) is 8.53. The van der Waals surface area contributed by atoms with Gasteiger partial charge in [0.2, 0.25) is 15.9 Å². The van der Waals surface area contributed by atoms with Crippen molar-refractivity contribution in [3.8, 4) is 0 Å². The fourth-order valence-electron chi connectivity index (χ4n) is 3.20. The number of hydrogen-bond acceptors (Lipinski definition) is 4. The third-order valence-corrected chi connectivity index (χ3v) is 6.12. The van der Waals surface area contributed by atoms with Crippen molar-refractivity contribution >= 4 is 27.5 Å². The molecule has 28 heavy (non-hydrogen) atoms. The molecule has 2 amide bonds. The van der Waals surface area contributed by atoms with E-state index in [-0.39, 0.29) is 22.8 Å². The standard InChI is InChI=1S/C20H23N3O4S/c1-15(24)21-18-7-5-6-16(14-18)20(25)23-12-10-17(11-13-23)22-28(26,27)19-8-3-2-4-9-19/h2-9,14,17,22H,10-13H2,1H3,(H,21,24). The minimum atomic E-state index is -3.56.